The van der Waals surface area contributed by atoms with Gasteiger partial charge in [-0.2, -0.15) is 0 Å². The van der Waals surface area contributed by atoms with Crippen molar-refractivity contribution >= 4 is 23.4 Å². The van der Waals surface area contributed by atoms with Gasteiger partial charge in [-0.3, -0.25) is 9.59 Å². The van der Waals surface area contributed by atoms with Gasteiger partial charge in [0, 0.05) is 28.9 Å². The fourth-order valence-corrected chi connectivity index (χ4v) is 5.13. The number of benzene rings is 1. The number of methoxy groups -OCH3 is 1. The Kier molecular flexibility index (Phi) is 5.37. The van der Waals surface area contributed by atoms with Gasteiger partial charge >= 0.3 is 0 Å². The number of nitrogens with zero attached hydrogens (tertiary/aromatic N) is 1. The van der Waals surface area contributed by atoms with Crippen LogP contribution in [0.4, 0.5) is 5.82 Å². The van der Waals surface area contributed by atoms with Crippen LogP contribution in [0.3, 0.4) is 0 Å². The number of anilines is 1. The van der Waals surface area contributed by atoms with Gasteiger partial charge < -0.3 is 20.1 Å². The number of ketones is 1. The van der Waals surface area contributed by atoms with Crippen molar-refractivity contribution in [3.63, 3.8) is 0 Å². The minimum atomic E-state index is -0.610. The molecule has 7 nitrogen and oxygen atoms in total. The zero-order valence-corrected chi connectivity index (χ0v) is 19.1. The number of nitrogens with one attached hydrogen (secondary N) is 2. The zero-order valence-electron chi connectivity index (χ0n) is 18.3. The minimum Gasteiger partial charge on any atom is -0.504 e. The maximum atomic E-state index is 13.2. The fourth-order valence-electron chi connectivity index (χ4n) is 4.39. The molecular formula is C23H27N3O4S. The molecule has 2 aromatic rings. The number of ether oxygens (including phenoxy) is 1. The van der Waals surface area contributed by atoms with Crippen LogP contribution >= 0.6 is 11.8 Å². The Balaban J connectivity index is 1.94. The molecule has 0 saturated carbocycles. The molecule has 0 fully saturated rings. The number of phenols is 1. The summed E-state index contributed by atoms with van der Waals surface area (Å²) in [5.74, 6) is 0.156. The molecule has 1 aliphatic heterocycles. The van der Waals surface area contributed by atoms with Crippen molar-refractivity contribution < 1.29 is 14.6 Å². The van der Waals surface area contributed by atoms with Crippen LogP contribution < -0.4 is 15.6 Å². The average Bonchev–Trinajstić information content (AvgIpc) is 2.64. The molecule has 0 saturated heterocycles. The normalized spacial score (nSPS) is 19.7. The van der Waals surface area contributed by atoms with E-state index in [1.165, 1.54) is 18.9 Å². The van der Waals surface area contributed by atoms with Crippen molar-refractivity contribution in [2.45, 2.75) is 56.9 Å². The Bertz CT molecular complexity index is 1150. The molecule has 0 bridgehead atoms. The van der Waals surface area contributed by atoms with Crippen molar-refractivity contribution in [2.24, 2.45) is 5.41 Å². The quantitative estimate of drug-likeness (QED) is 0.483. The van der Waals surface area contributed by atoms with Crippen molar-refractivity contribution in [2.75, 3.05) is 12.4 Å². The number of aromatic nitrogens is 2. The summed E-state index contributed by atoms with van der Waals surface area (Å²) in [5, 5.41) is 14.5. The maximum absolute atomic E-state index is 13.2. The third-order valence-electron chi connectivity index (χ3n) is 5.58. The molecule has 0 radical (unpaired) electrons. The lowest BCUT2D eigenvalue weighted by molar-refractivity contribution is -0.118. The molecule has 1 aliphatic carbocycles. The van der Waals surface area contributed by atoms with Crippen LogP contribution in [0.2, 0.25) is 0 Å². The van der Waals surface area contributed by atoms with Crippen molar-refractivity contribution in [1.82, 2.24) is 9.97 Å². The number of aromatic hydroxyl groups is 1. The number of H-pyrrole nitrogens is 1. The lowest BCUT2D eigenvalue weighted by atomic mass is 9.69. The van der Waals surface area contributed by atoms with Gasteiger partial charge in [-0.25, -0.2) is 4.98 Å². The maximum Gasteiger partial charge on any atom is 0.257 e. The number of hydrogen-bond acceptors (Lipinski definition) is 7. The summed E-state index contributed by atoms with van der Waals surface area (Å²) in [6.45, 7) is 8.18. The van der Waals surface area contributed by atoms with Crippen LogP contribution in [-0.2, 0) is 4.79 Å². The zero-order chi connectivity index (χ0) is 22.5. The van der Waals surface area contributed by atoms with Crippen LogP contribution in [-0.4, -0.2) is 33.2 Å². The van der Waals surface area contributed by atoms with Crippen LogP contribution in [0.1, 0.15) is 57.6 Å². The van der Waals surface area contributed by atoms with Gasteiger partial charge in [0.25, 0.3) is 5.56 Å². The molecule has 1 unspecified atom stereocenters. The van der Waals surface area contributed by atoms with Crippen LogP contribution in [0.25, 0.3) is 0 Å². The van der Waals surface area contributed by atoms with E-state index in [0.717, 1.165) is 5.70 Å². The SMILES string of the molecule is COc1ccc(C2C3=C(CC(C)(C)CC3=O)Nc3nc(SC(C)C)[nH]c(=O)c32)cc1O. The first kappa shape index (κ1) is 21.5. The van der Waals surface area contributed by atoms with Gasteiger partial charge in [0.05, 0.1) is 12.7 Å². The number of allylic oxidation sites excluding steroid dienone is 2. The smallest absolute Gasteiger partial charge is 0.257 e. The molecular weight excluding hydrogens is 414 g/mol. The molecule has 1 aromatic heterocycles. The molecule has 0 amide bonds. The highest BCUT2D eigenvalue weighted by atomic mass is 32.2. The van der Waals surface area contributed by atoms with E-state index in [4.69, 9.17) is 4.74 Å². The number of hydrogen-bond donors (Lipinski definition) is 3. The van der Waals surface area contributed by atoms with E-state index in [2.05, 4.69) is 29.1 Å². The lowest BCUT2D eigenvalue weighted by Crippen LogP contribution is -2.37. The predicted octanol–water partition coefficient (Wildman–Crippen LogP) is 4.19. The molecule has 8 heteroatoms. The standard InChI is InChI=1S/C23H27N3O4S/c1-11(2)31-22-25-20-19(21(29)26-22)17(12-6-7-16(30-5)14(27)8-12)18-13(24-20)9-23(3,4)10-15(18)28/h6-8,11,17,27H,9-10H2,1-5H3,(H2,24,25,26,29). The Labute approximate surface area is 185 Å². The van der Waals surface area contributed by atoms with Crippen LogP contribution in [0, 0.1) is 5.41 Å². The summed E-state index contributed by atoms with van der Waals surface area (Å²) in [4.78, 5) is 34.0. The molecule has 2 aliphatic rings. The number of carbonyl (C=O) groups is 1. The lowest BCUT2D eigenvalue weighted by Gasteiger charge is -2.38. The Hall–Kier alpha value is -2.74. The second-order valence-corrected chi connectivity index (χ2v) is 10.7. The third kappa shape index (κ3) is 3.96. The van der Waals surface area contributed by atoms with Crippen LogP contribution in [0.15, 0.2) is 39.4 Å². The van der Waals surface area contributed by atoms with E-state index in [9.17, 15) is 14.7 Å². The topological polar surface area (TPSA) is 104 Å². The summed E-state index contributed by atoms with van der Waals surface area (Å²) in [5.41, 5.74) is 1.94. The van der Waals surface area contributed by atoms with E-state index in [-0.39, 0.29) is 27.8 Å². The number of thioether (sulfide) groups is 1. The number of Topliss-reactive ketones (excluding diaryl/α,β-unsaturated/α-hetero) is 1. The minimum absolute atomic E-state index is 0.00439. The van der Waals surface area contributed by atoms with Gasteiger partial charge in [-0.05, 0) is 29.5 Å². The highest BCUT2D eigenvalue weighted by molar-refractivity contribution is 7.99. The molecule has 0 spiro atoms. The first-order valence-corrected chi connectivity index (χ1v) is 11.2. The largest absolute Gasteiger partial charge is 0.504 e. The fraction of sp³-hybridized carbons (Fsp3) is 0.435. The molecule has 4 rings (SSSR count). The van der Waals surface area contributed by atoms with E-state index in [1.807, 2.05) is 13.8 Å². The molecule has 3 N–H and O–H groups in total. The van der Waals surface area contributed by atoms with Crippen molar-refractivity contribution in [3.8, 4) is 11.5 Å². The Morgan fingerprint density at radius 3 is 2.65 bits per heavy atom. The van der Waals surface area contributed by atoms with Gasteiger partial charge in [-0.15, -0.1) is 0 Å². The van der Waals surface area contributed by atoms with Gasteiger partial charge in [0.15, 0.2) is 22.4 Å². The monoisotopic (exact) mass is 441 g/mol. The molecule has 2 heterocycles. The summed E-state index contributed by atoms with van der Waals surface area (Å²) >= 11 is 1.47. The molecule has 164 valence electrons. The third-order valence-corrected chi connectivity index (χ3v) is 6.47. The first-order chi connectivity index (χ1) is 14.6. The van der Waals surface area contributed by atoms with Gasteiger partial charge in [-0.1, -0.05) is 45.5 Å². The number of rotatable bonds is 4. The van der Waals surface area contributed by atoms with E-state index < -0.39 is 5.92 Å². The summed E-state index contributed by atoms with van der Waals surface area (Å²) < 4.78 is 5.16. The molecule has 1 atom stereocenters. The van der Waals surface area contributed by atoms with Crippen molar-refractivity contribution in [3.05, 3.63) is 50.9 Å². The average molecular weight is 442 g/mol. The second-order valence-electron chi connectivity index (χ2n) is 9.12. The predicted molar refractivity (Wildman–Crippen MR) is 121 cm³/mol. The summed E-state index contributed by atoms with van der Waals surface area (Å²) in [6.07, 6.45) is 1.07. The summed E-state index contributed by atoms with van der Waals surface area (Å²) in [6, 6.07) is 4.99. The number of carbonyl (C=O) groups excluding carboxylic acids is 1. The van der Waals surface area contributed by atoms with Crippen LogP contribution in [0.5, 0.6) is 11.5 Å². The number of fused-ring (bicyclic) bond motifs is 1. The molecule has 1 aromatic carbocycles. The highest BCUT2D eigenvalue weighted by Gasteiger charge is 2.42. The number of phenolic OH excluding ortho intramolecular Hbond substituents is 1. The second kappa shape index (κ2) is 7.75. The Morgan fingerprint density at radius 2 is 2.00 bits per heavy atom. The number of aromatic amines is 1. The van der Waals surface area contributed by atoms with E-state index in [0.29, 0.717) is 46.3 Å². The van der Waals surface area contributed by atoms with E-state index in [1.54, 1.807) is 18.2 Å². The first-order valence-electron chi connectivity index (χ1n) is 10.3. The van der Waals surface area contributed by atoms with Crippen molar-refractivity contribution in [1.29, 1.82) is 0 Å². The van der Waals surface area contributed by atoms with E-state index >= 15 is 0 Å². The summed E-state index contributed by atoms with van der Waals surface area (Å²) in [7, 11) is 1.48. The van der Waals surface area contributed by atoms with Gasteiger partial charge in [0.1, 0.15) is 5.82 Å². The Morgan fingerprint density at radius 1 is 1.26 bits per heavy atom. The van der Waals surface area contributed by atoms with Gasteiger partial charge in [0.2, 0.25) is 0 Å². The molecule has 31 heavy (non-hydrogen) atoms. The highest BCUT2D eigenvalue weighted by Crippen LogP contribution is 2.48.